The number of para-hydroxylation sites is 1. The van der Waals surface area contributed by atoms with Gasteiger partial charge in [-0.05, 0) is 55.0 Å². The number of carbonyl (C=O) groups excluding carboxylic acids is 1. The summed E-state index contributed by atoms with van der Waals surface area (Å²) in [5.41, 5.74) is 5.70. The van der Waals surface area contributed by atoms with E-state index < -0.39 is 6.10 Å². The van der Waals surface area contributed by atoms with Crippen LogP contribution in [0, 0.1) is 0 Å². The van der Waals surface area contributed by atoms with Gasteiger partial charge in [-0.15, -0.1) is 0 Å². The highest BCUT2D eigenvalue weighted by Gasteiger charge is 2.34. The minimum Gasteiger partial charge on any atom is -0.476 e. The van der Waals surface area contributed by atoms with Crippen LogP contribution in [-0.2, 0) is 32.5 Å². The molecule has 1 atom stereocenters. The van der Waals surface area contributed by atoms with E-state index in [1.54, 1.807) is 0 Å². The molecule has 0 amide bonds. The van der Waals surface area contributed by atoms with Crippen LogP contribution in [-0.4, -0.2) is 30.4 Å². The van der Waals surface area contributed by atoms with Crippen LogP contribution in [0.3, 0.4) is 0 Å². The van der Waals surface area contributed by atoms with Crippen molar-refractivity contribution >= 4 is 16.9 Å². The van der Waals surface area contributed by atoms with E-state index in [4.69, 9.17) is 19.2 Å². The minimum absolute atomic E-state index is 0.325. The van der Waals surface area contributed by atoms with Crippen molar-refractivity contribution in [3.8, 4) is 17.0 Å². The zero-order valence-electron chi connectivity index (χ0n) is 19.3. The van der Waals surface area contributed by atoms with Gasteiger partial charge < -0.3 is 14.0 Å². The van der Waals surface area contributed by atoms with E-state index in [0.29, 0.717) is 25.7 Å². The summed E-state index contributed by atoms with van der Waals surface area (Å²) in [4.78, 5) is 22.9. The minimum atomic E-state index is -0.707. The molecule has 1 saturated carbocycles. The van der Waals surface area contributed by atoms with Crippen molar-refractivity contribution in [1.29, 1.82) is 0 Å². The number of aromatic nitrogens is 1. The third kappa shape index (κ3) is 4.13. The maximum absolute atomic E-state index is 12.8. The quantitative estimate of drug-likeness (QED) is 0.272. The van der Waals surface area contributed by atoms with E-state index in [-0.39, 0.29) is 5.97 Å². The van der Waals surface area contributed by atoms with Gasteiger partial charge in [-0.1, -0.05) is 43.5 Å². The molecule has 0 radical (unpaired) electrons. The van der Waals surface area contributed by atoms with Gasteiger partial charge in [-0.25, -0.2) is 14.6 Å². The molecular weight excluding hydrogens is 418 g/mol. The van der Waals surface area contributed by atoms with Gasteiger partial charge in [0.05, 0.1) is 26.0 Å². The monoisotopic (exact) mass is 449 g/mol. The summed E-state index contributed by atoms with van der Waals surface area (Å²) in [6, 6.07) is 14.5. The van der Waals surface area contributed by atoms with E-state index >= 15 is 0 Å². The molecule has 1 unspecified atom stereocenters. The highest BCUT2D eigenvalue weighted by atomic mass is 17.2. The lowest BCUT2D eigenvalue weighted by atomic mass is 9.81. The van der Waals surface area contributed by atoms with Crippen LogP contribution in [0.1, 0.15) is 56.1 Å². The molecule has 0 spiro atoms. The fourth-order valence-electron chi connectivity index (χ4n) is 5.40. The van der Waals surface area contributed by atoms with Crippen LogP contribution in [0.2, 0.25) is 0 Å². The van der Waals surface area contributed by atoms with Crippen molar-refractivity contribution in [3.63, 3.8) is 0 Å². The molecular formula is C27H31NO5. The normalized spacial score (nSPS) is 18.3. The van der Waals surface area contributed by atoms with Gasteiger partial charge in [-0.3, -0.25) is 0 Å². The van der Waals surface area contributed by atoms with E-state index in [1.165, 1.54) is 55.9 Å². The Kier molecular flexibility index (Phi) is 6.38. The lowest BCUT2D eigenvalue weighted by Crippen LogP contribution is -2.33. The van der Waals surface area contributed by atoms with Crippen molar-refractivity contribution in [1.82, 2.24) is 4.57 Å². The first kappa shape index (κ1) is 22.0. The molecule has 0 saturated heterocycles. The molecule has 1 fully saturated rings. The summed E-state index contributed by atoms with van der Waals surface area (Å²) in [6.45, 7) is 2.91. The Morgan fingerprint density at radius 3 is 2.73 bits per heavy atom. The summed E-state index contributed by atoms with van der Waals surface area (Å²) in [5, 5.41) is 1.25. The van der Waals surface area contributed by atoms with E-state index in [1.807, 2.05) is 25.1 Å². The number of nitrogens with zero attached hydrogens (tertiary/aromatic N) is 1. The van der Waals surface area contributed by atoms with Gasteiger partial charge in [-0.2, -0.15) is 0 Å². The lowest BCUT2D eigenvalue weighted by Gasteiger charge is -2.23. The molecule has 1 aliphatic heterocycles. The van der Waals surface area contributed by atoms with Crippen molar-refractivity contribution in [3.05, 3.63) is 53.6 Å². The van der Waals surface area contributed by atoms with Crippen LogP contribution in [0.25, 0.3) is 22.2 Å². The predicted molar refractivity (Wildman–Crippen MR) is 126 cm³/mol. The van der Waals surface area contributed by atoms with Crippen LogP contribution in [0.15, 0.2) is 42.5 Å². The van der Waals surface area contributed by atoms with Crippen molar-refractivity contribution < 1.29 is 24.0 Å². The largest absolute Gasteiger partial charge is 0.476 e. The molecule has 2 heterocycles. The Balaban J connectivity index is 1.74. The summed E-state index contributed by atoms with van der Waals surface area (Å²) in [7, 11) is 1.52. The van der Waals surface area contributed by atoms with Crippen LogP contribution < -0.4 is 4.74 Å². The average Bonchev–Trinajstić information content (AvgIpc) is 3.05. The summed E-state index contributed by atoms with van der Waals surface area (Å²) in [5.74, 6) is 0.892. The van der Waals surface area contributed by atoms with Gasteiger partial charge in [0.15, 0.2) is 0 Å². The van der Waals surface area contributed by atoms with Gasteiger partial charge in [0, 0.05) is 16.5 Å². The fourth-order valence-corrected chi connectivity index (χ4v) is 5.40. The smallest absolute Gasteiger partial charge is 0.349 e. The van der Waals surface area contributed by atoms with Crippen molar-refractivity contribution in [2.75, 3.05) is 13.7 Å². The number of hydrogen-bond donors (Lipinski definition) is 0. The second-order valence-corrected chi connectivity index (χ2v) is 8.84. The van der Waals surface area contributed by atoms with E-state index in [2.05, 4.69) is 28.8 Å². The Morgan fingerprint density at radius 2 is 1.94 bits per heavy atom. The first-order chi connectivity index (χ1) is 16.2. The number of benzene rings is 2. The molecule has 2 aromatic carbocycles. The SMILES string of the molecule is CCOC(=O)C1Cn2c(c(C3CCCCC3)c3ccc(COOC)cc32)-c2ccccc2O1. The first-order valence-electron chi connectivity index (χ1n) is 11.9. The average molecular weight is 450 g/mol. The first-order valence-corrected chi connectivity index (χ1v) is 11.9. The number of fused-ring (bicyclic) bond motifs is 5. The molecule has 0 bridgehead atoms. The maximum Gasteiger partial charge on any atom is 0.349 e. The highest BCUT2D eigenvalue weighted by molar-refractivity contribution is 5.94. The number of rotatable bonds is 6. The molecule has 33 heavy (non-hydrogen) atoms. The highest BCUT2D eigenvalue weighted by Crippen LogP contribution is 2.47. The van der Waals surface area contributed by atoms with Crippen molar-refractivity contribution in [2.45, 2.75) is 64.2 Å². The Bertz CT molecular complexity index is 1140. The summed E-state index contributed by atoms with van der Waals surface area (Å²) < 4.78 is 13.9. The molecule has 0 N–H and O–H groups in total. The Hall–Kier alpha value is -2.83. The predicted octanol–water partition coefficient (Wildman–Crippen LogP) is 5.76. The zero-order chi connectivity index (χ0) is 22.8. The number of carbonyl (C=O) groups is 1. The molecule has 2 aliphatic rings. The summed E-state index contributed by atoms with van der Waals surface area (Å²) in [6.07, 6.45) is 5.46. The van der Waals surface area contributed by atoms with Crippen LogP contribution >= 0.6 is 0 Å². The molecule has 6 heteroatoms. The third-order valence-electron chi connectivity index (χ3n) is 6.83. The molecule has 1 aromatic heterocycles. The summed E-state index contributed by atoms with van der Waals surface area (Å²) >= 11 is 0. The molecule has 6 nitrogen and oxygen atoms in total. The Labute approximate surface area is 194 Å². The molecule has 1 aliphatic carbocycles. The van der Waals surface area contributed by atoms with Gasteiger partial charge in [0.2, 0.25) is 6.10 Å². The van der Waals surface area contributed by atoms with Crippen LogP contribution in [0.5, 0.6) is 5.75 Å². The molecule has 3 aromatic rings. The number of esters is 1. The van der Waals surface area contributed by atoms with E-state index in [9.17, 15) is 4.79 Å². The van der Waals surface area contributed by atoms with E-state index in [0.717, 1.165) is 22.4 Å². The van der Waals surface area contributed by atoms with Gasteiger partial charge in [0.1, 0.15) is 12.4 Å². The second-order valence-electron chi connectivity index (χ2n) is 8.84. The Morgan fingerprint density at radius 1 is 1.12 bits per heavy atom. The standard InChI is InChI=1S/C27H31NO5/c1-3-31-27(29)24-16-28-22-15-18(17-32-30-2)13-14-20(22)25(19-9-5-4-6-10-19)26(28)21-11-7-8-12-23(21)33-24/h7-8,11-15,19,24H,3-6,9-10,16-17H2,1-2H3. The van der Waals surface area contributed by atoms with Gasteiger partial charge in [0.25, 0.3) is 0 Å². The van der Waals surface area contributed by atoms with Crippen LogP contribution in [0.4, 0.5) is 0 Å². The molecule has 174 valence electrons. The lowest BCUT2D eigenvalue weighted by molar-refractivity contribution is -0.282. The number of ether oxygens (including phenoxy) is 2. The topological polar surface area (TPSA) is 58.9 Å². The fraction of sp³-hybridized carbons (Fsp3) is 0.444. The maximum atomic E-state index is 12.8. The van der Waals surface area contributed by atoms with Crippen molar-refractivity contribution in [2.24, 2.45) is 0 Å². The number of hydrogen-bond acceptors (Lipinski definition) is 5. The second kappa shape index (κ2) is 9.57. The molecule has 5 rings (SSSR count). The zero-order valence-corrected chi connectivity index (χ0v) is 19.3. The van der Waals surface area contributed by atoms with Gasteiger partial charge >= 0.3 is 5.97 Å². The third-order valence-corrected chi connectivity index (χ3v) is 6.83.